The first-order chi connectivity index (χ1) is 17.8. The number of ether oxygens (including phenoxy) is 4. The maximum atomic E-state index is 12.4. The second-order valence-electron chi connectivity index (χ2n) is 9.80. The van der Waals surface area contributed by atoms with E-state index in [9.17, 15) is 19.2 Å². The average molecular weight is 635 g/mol. The standard InChI is InChI=1S/4C7H13O2.Sn/c4*1-3-5-6-9-7(8)4-2;/h4*2-6H2,1H3;. The Balaban J connectivity index is 5.45. The van der Waals surface area contributed by atoms with Gasteiger partial charge in [-0.2, -0.15) is 0 Å². The summed E-state index contributed by atoms with van der Waals surface area (Å²) in [5.41, 5.74) is 0. The van der Waals surface area contributed by atoms with Crippen LogP contribution in [0.1, 0.15) is 105 Å². The molecule has 0 aliphatic carbocycles. The van der Waals surface area contributed by atoms with Gasteiger partial charge in [0.1, 0.15) is 0 Å². The van der Waals surface area contributed by atoms with Crippen LogP contribution in [0.5, 0.6) is 0 Å². The van der Waals surface area contributed by atoms with Crippen molar-refractivity contribution < 1.29 is 38.1 Å². The summed E-state index contributed by atoms with van der Waals surface area (Å²) in [6, 6.07) is 0. The molecule has 0 aliphatic heterocycles. The first kappa shape index (κ1) is 35.7. The third kappa shape index (κ3) is 20.3. The van der Waals surface area contributed by atoms with Crippen molar-refractivity contribution in [1.82, 2.24) is 0 Å². The number of hydrogen-bond acceptors (Lipinski definition) is 8. The van der Waals surface area contributed by atoms with Gasteiger partial charge >= 0.3 is 229 Å². The van der Waals surface area contributed by atoms with E-state index in [0.717, 1.165) is 51.4 Å². The Hall–Kier alpha value is -1.32. The van der Waals surface area contributed by atoms with Gasteiger partial charge in [0.05, 0.1) is 0 Å². The summed E-state index contributed by atoms with van der Waals surface area (Å²) in [5.74, 6) is -1.01. The number of hydrogen-bond donors (Lipinski definition) is 0. The van der Waals surface area contributed by atoms with Crippen LogP contribution in [0.25, 0.3) is 0 Å². The Morgan fingerprint density at radius 2 is 0.649 bits per heavy atom. The molecule has 0 heterocycles. The molecule has 0 aromatic rings. The van der Waals surface area contributed by atoms with Crippen LogP contribution in [0.4, 0.5) is 0 Å². The Morgan fingerprint density at radius 3 is 0.838 bits per heavy atom. The summed E-state index contributed by atoms with van der Waals surface area (Å²) in [6.07, 6.45) is 8.03. The van der Waals surface area contributed by atoms with Crippen LogP contribution in [-0.2, 0) is 38.1 Å². The molecule has 0 rings (SSSR count). The zero-order chi connectivity index (χ0) is 27.8. The van der Waals surface area contributed by atoms with Gasteiger partial charge in [0.15, 0.2) is 0 Å². The van der Waals surface area contributed by atoms with Crippen molar-refractivity contribution in [3.05, 3.63) is 0 Å². The Kier molecular flexibility index (Phi) is 22.9. The monoisotopic (exact) mass is 636 g/mol. The van der Waals surface area contributed by atoms with Crippen LogP contribution in [0.2, 0.25) is 17.7 Å². The molecule has 8 nitrogen and oxygen atoms in total. The normalized spacial score (nSPS) is 11.1. The van der Waals surface area contributed by atoms with Crippen LogP contribution < -0.4 is 0 Å². The molecule has 9 heteroatoms. The van der Waals surface area contributed by atoms with E-state index in [1.165, 1.54) is 0 Å². The van der Waals surface area contributed by atoms with E-state index < -0.39 is 18.4 Å². The van der Waals surface area contributed by atoms with Gasteiger partial charge in [0, 0.05) is 0 Å². The second kappa shape index (κ2) is 23.8. The predicted octanol–water partition coefficient (Wildman–Crippen LogP) is 6.37. The molecule has 0 saturated heterocycles. The number of carbonyl (C=O) groups excluding carboxylic acids is 4. The molecule has 0 aliphatic rings. The molecule has 0 N–H and O–H groups in total. The van der Waals surface area contributed by atoms with Crippen molar-refractivity contribution >= 4 is 42.3 Å². The summed E-state index contributed by atoms with van der Waals surface area (Å²) in [4.78, 5) is 49.8. The van der Waals surface area contributed by atoms with Gasteiger partial charge in [-0.3, -0.25) is 0 Å². The zero-order valence-corrected chi connectivity index (χ0v) is 26.8. The molecule has 0 aromatic carbocycles. The third-order valence-electron chi connectivity index (χ3n) is 6.48. The summed E-state index contributed by atoms with van der Waals surface area (Å²) in [5, 5.41) is 0. The molecule has 0 radical (unpaired) electrons. The first-order valence-corrected chi connectivity index (χ1v) is 22.5. The average Bonchev–Trinajstić information content (AvgIpc) is 2.88. The fourth-order valence-electron chi connectivity index (χ4n) is 3.83. The predicted molar refractivity (Wildman–Crippen MR) is 147 cm³/mol. The quantitative estimate of drug-likeness (QED) is 0.0522. The summed E-state index contributed by atoms with van der Waals surface area (Å²) < 4.78 is 24.0. The van der Waals surface area contributed by atoms with Crippen LogP contribution >= 0.6 is 0 Å². The number of unbranched alkanes of at least 4 members (excludes halogenated alkanes) is 4. The number of rotatable bonds is 24. The van der Waals surface area contributed by atoms with E-state index in [4.69, 9.17) is 18.9 Å². The molecule has 0 bridgehead atoms. The first-order valence-electron chi connectivity index (χ1n) is 14.4. The fourth-order valence-corrected chi connectivity index (χ4v) is 16.5. The van der Waals surface area contributed by atoms with Crippen molar-refractivity contribution in [2.24, 2.45) is 0 Å². The van der Waals surface area contributed by atoms with E-state index in [-0.39, 0.29) is 49.6 Å². The van der Waals surface area contributed by atoms with Crippen molar-refractivity contribution in [2.45, 2.75) is 122 Å². The minimum atomic E-state index is -3.38. The summed E-state index contributed by atoms with van der Waals surface area (Å²) >= 11 is -3.38. The Bertz CT molecular complexity index is 528. The van der Waals surface area contributed by atoms with Crippen molar-refractivity contribution in [2.75, 3.05) is 26.4 Å². The molecule has 0 saturated carbocycles. The summed E-state index contributed by atoms with van der Waals surface area (Å²) in [6.45, 7) is 9.73. The molecule has 0 spiro atoms. The molecule has 0 fully saturated rings. The number of carbonyl (C=O) groups is 4. The molecular weight excluding hydrogens is 583 g/mol. The third-order valence-corrected chi connectivity index (χ3v) is 21.4. The van der Waals surface area contributed by atoms with Crippen molar-refractivity contribution in [3.63, 3.8) is 0 Å². The van der Waals surface area contributed by atoms with E-state index in [1.807, 2.05) is 27.7 Å². The Labute approximate surface area is 228 Å². The summed E-state index contributed by atoms with van der Waals surface area (Å²) in [7, 11) is 0. The molecule has 0 unspecified atom stereocenters. The SMILES string of the molecule is CCCCOC(=O)C[CH2][Sn]([CH2]CC(=O)OCCCC)([CH2]CC(=O)OCCCC)[CH2]CC(=O)OCCCC. The molecule has 0 amide bonds. The number of esters is 4. The zero-order valence-electron chi connectivity index (χ0n) is 23.9. The fraction of sp³-hybridized carbons (Fsp3) is 0.857. The second-order valence-corrected chi connectivity index (χ2v) is 24.1. The van der Waals surface area contributed by atoms with Gasteiger partial charge in [-0.25, -0.2) is 0 Å². The molecular formula is C28H52O8Sn. The van der Waals surface area contributed by atoms with E-state index in [2.05, 4.69) is 0 Å². The van der Waals surface area contributed by atoms with E-state index in [1.54, 1.807) is 0 Å². The van der Waals surface area contributed by atoms with Gasteiger partial charge < -0.3 is 0 Å². The molecule has 216 valence electrons. The topological polar surface area (TPSA) is 105 Å². The van der Waals surface area contributed by atoms with Crippen molar-refractivity contribution in [3.8, 4) is 0 Å². The van der Waals surface area contributed by atoms with Gasteiger partial charge in [-0.05, 0) is 0 Å². The van der Waals surface area contributed by atoms with Crippen LogP contribution in [-0.4, -0.2) is 68.7 Å². The van der Waals surface area contributed by atoms with Gasteiger partial charge in [0.25, 0.3) is 0 Å². The van der Waals surface area contributed by atoms with Gasteiger partial charge in [-0.15, -0.1) is 0 Å². The molecule has 37 heavy (non-hydrogen) atoms. The van der Waals surface area contributed by atoms with E-state index in [0.29, 0.717) is 44.2 Å². The van der Waals surface area contributed by atoms with Crippen molar-refractivity contribution in [1.29, 1.82) is 0 Å². The van der Waals surface area contributed by atoms with Crippen LogP contribution in [0.3, 0.4) is 0 Å². The van der Waals surface area contributed by atoms with E-state index >= 15 is 0 Å². The van der Waals surface area contributed by atoms with Gasteiger partial charge in [-0.1, -0.05) is 0 Å². The minimum absolute atomic E-state index is 0.250. The van der Waals surface area contributed by atoms with Crippen LogP contribution in [0.15, 0.2) is 0 Å². The van der Waals surface area contributed by atoms with Crippen LogP contribution in [0, 0.1) is 0 Å². The Morgan fingerprint density at radius 1 is 0.432 bits per heavy atom. The molecule has 0 aromatic heterocycles. The van der Waals surface area contributed by atoms with Gasteiger partial charge in [0.2, 0.25) is 0 Å². The maximum absolute atomic E-state index is 12.4. The molecule has 0 atom stereocenters.